The van der Waals surface area contributed by atoms with E-state index in [4.69, 9.17) is 27.9 Å². The van der Waals surface area contributed by atoms with Gasteiger partial charge in [-0.15, -0.1) is 0 Å². The molecule has 0 radical (unpaired) electrons. The Morgan fingerprint density at radius 3 is 2.64 bits per heavy atom. The number of carbonyl (C=O) groups excluding carboxylic acids is 1. The third-order valence-electron chi connectivity index (χ3n) is 2.98. The van der Waals surface area contributed by atoms with Crippen molar-refractivity contribution in [3.05, 3.63) is 72.9 Å². The van der Waals surface area contributed by atoms with Crippen LogP contribution in [0.25, 0.3) is 6.08 Å². The van der Waals surface area contributed by atoms with Crippen molar-refractivity contribution in [1.82, 2.24) is 0 Å². The Morgan fingerprint density at radius 2 is 1.86 bits per heavy atom. The summed E-state index contributed by atoms with van der Waals surface area (Å²) in [6.07, 6.45) is 1.60. The number of carbonyl (C=O) groups is 1. The summed E-state index contributed by atoms with van der Waals surface area (Å²) in [5.74, 6) is -0.323. The topological polar surface area (TPSA) is 38.7 Å². The number of aliphatic imine (C=N–C) groups is 1. The van der Waals surface area contributed by atoms with E-state index in [1.165, 1.54) is 0 Å². The highest BCUT2D eigenvalue weighted by Gasteiger charge is 2.25. The summed E-state index contributed by atoms with van der Waals surface area (Å²) < 4.78 is 6.19. The first-order valence-corrected chi connectivity index (χ1v) is 8.10. The van der Waals surface area contributed by atoms with E-state index in [0.717, 1.165) is 3.57 Å². The van der Waals surface area contributed by atoms with Gasteiger partial charge in [0.15, 0.2) is 5.70 Å². The molecule has 0 unspecified atom stereocenters. The van der Waals surface area contributed by atoms with Crippen LogP contribution in [0.2, 0.25) is 10.0 Å². The standard InChI is InChI=1S/C16H8Cl2INO2/c17-12-4-2-1-3-9(12)7-14-16(21)22-15(20-14)11-8-10(19)5-6-13(11)18/h1-8H. The number of ether oxygens (including phenoxy) is 1. The Balaban J connectivity index is 2.02. The fourth-order valence-corrected chi connectivity index (χ4v) is 2.81. The lowest BCUT2D eigenvalue weighted by molar-refractivity contribution is -0.129. The van der Waals surface area contributed by atoms with E-state index in [-0.39, 0.29) is 11.6 Å². The van der Waals surface area contributed by atoms with Crippen LogP contribution in [0.4, 0.5) is 0 Å². The molecule has 3 nitrogen and oxygen atoms in total. The monoisotopic (exact) mass is 443 g/mol. The number of rotatable bonds is 2. The van der Waals surface area contributed by atoms with Crippen molar-refractivity contribution in [2.45, 2.75) is 0 Å². The van der Waals surface area contributed by atoms with Crippen molar-refractivity contribution < 1.29 is 9.53 Å². The molecule has 1 heterocycles. The second kappa shape index (κ2) is 6.40. The first-order chi connectivity index (χ1) is 10.5. The van der Waals surface area contributed by atoms with E-state index in [0.29, 0.717) is 21.2 Å². The fraction of sp³-hybridized carbons (Fsp3) is 0. The van der Waals surface area contributed by atoms with Gasteiger partial charge in [-0.1, -0.05) is 41.4 Å². The Labute approximate surface area is 150 Å². The molecule has 0 spiro atoms. The normalized spacial score (nSPS) is 15.9. The van der Waals surface area contributed by atoms with Gasteiger partial charge in [0.05, 0.1) is 10.6 Å². The molecule has 2 aromatic carbocycles. The summed E-state index contributed by atoms with van der Waals surface area (Å²) in [5, 5.41) is 1.02. The molecule has 0 atom stereocenters. The molecule has 0 saturated heterocycles. The third-order valence-corrected chi connectivity index (χ3v) is 4.32. The molecule has 6 heteroatoms. The quantitative estimate of drug-likeness (QED) is 0.374. The number of esters is 1. The molecule has 0 aromatic heterocycles. The van der Waals surface area contributed by atoms with Gasteiger partial charge >= 0.3 is 5.97 Å². The third kappa shape index (κ3) is 3.19. The van der Waals surface area contributed by atoms with Crippen molar-refractivity contribution in [3.8, 4) is 0 Å². The minimum atomic E-state index is -0.523. The molecule has 110 valence electrons. The average Bonchev–Trinajstić information content (AvgIpc) is 2.85. The van der Waals surface area contributed by atoms with Crippen LogP contribution in [-0.4, -0.2) is 11.9 Å². The summed E-state index contributed by atoms with van der Waals surface area (Å²) in [6.45, 7) is 0. The Kier molecular flexibility index (Phi) is 4.52. The van der Waals surface area contributed by atoms with E-state index in [9.17, 15) is 4.79 Å². The number of halogens is 3. The Hall–Kier alpha value is -1.37. The minimum absolute atomic E-state index is 0.193. The maximum Gasteiger partial charge on any atom is 0.363 e. The SMILES string of the molecule is O=C1OC(c2cc(I)ccc2Cl)=NC1=Cc1ccccc1Cl. The highest BCUT2D eigenvalue weighted by molar-refractivity contribution is 14.1. The van der Waals surface area contributed by atoms with Crippen LogP contribution in [0.15, 0.2) is 53.2 Å². The highest BCUT2D eigenvalue weighted by Crippen LogP contribution is 2.26. The molecule has 0 fully saturated rings. The van der Waals surface area contributed by atoms with E-state index in [2.05, 4.69) is 27.6 Å². The van der Waals surface area contributed by atoms with Gasteiger partial charge in [0, 0.05) is 8.59 Å². The van der Waals surface area contributed by atoms with Gasteiger partial charge in [0.25, 0.3) is 0 Å². The maximum atomic E-state index is 12.0. The van der Waals surface area contributed by atoms with Crippen LogP contribution in [0.3, 0.4) is 0 Å². The lowest BCUT2D eigenvalue weighted by Crippen LogP contribution is -2.06. The lowest BCUT2D eigenvalue weighted by atomic mass is 10.2. The largest absolute Gasteiger partial charge is 0.402 e. The van der Waals surface area contributed by atoms with Gasteiger partial charge in [-0.25, -0.2) is 9.79 Å². The number of hydrogen-bond donors (Lipinski definition) is 0. The van der Waals surface area contributed by atoms with Crippen molar-refractivity contribution in [2.75, 3.05) is 0 Å². The smallest absolute Gasteiger partial charge is 0.363 e. The van der Waals surface area contributed by atoms with Crippen molar-refractivity contribution >= 4 is 63.7 Å². The van der Waals surface area contributed by atoms with Gasteiger partial charge in [0.1, 0.15) is 0 Å². The second-order valence-corrected chi connectivity index (χ2v) is 6.54. The molecule has 0 aliphatic carbocycles. The summed E-state index contributed by atoms with van der Waals surface area (Å²) >= 11 is 14.4. The summed E-state index contributed by atoms with van der Waals surface area (Å²) in [4.78, 5) is 16.2. The van der Waals surface area contributed by atoms with Crippen LogP contribution in [0.5, 0.6) is 0 Å². The van der Waals surface area contributed by atoms with Crippen molar-refractivity contribution in [3.63, 3.8) is 0 Å². The first-order valence-electron chi connectivity index (χ1n) is 6.27. The Morgan fingerprint density at radius 1 is 1.09 bits per heavy atom. The molecular weight excluding hydrogens is 436 g/mol. The van der Waals surface area contributed by atoms with Gasteiger partial charge in [0.2, 0.25) is 5.90 Å². The van der Waals surface area contributed by atoms with Gasteiger partial charge in [-0.05, 0) is 58.5 Å². The zero-order chi connectivity index (χ0) is 15.7. The average molecular weight is 444 g/mol. The zero-order valence-corrected chi connectivity index (χ0v) is 14.7. The summed E-state index contributed by atoms with van der Waals surface area (Å²) in [7, 11) is 0. The molecule has 0 amide bonds. The van der Waals surface area contributed by atoms with Gasteiger partial charge < -0.3 is 4.74 Å². The molecule has 22 heavy (non-hydrogen) atoms. The van der Waals surface area contributed by atoms with Crippen LogP contribution < -0.4 is 0 Å². The highest BCUT2D eigenvalue weighted by atomic mass is 127. The van der Waals surface area contributed by atoms with Gasteiger partial charge in [-0.2, -0.15) is 0 Å². The molecule has 1 aliphatic rings. The molecule has 0 saturated carbocycles. The molecule has 3 rings (SSSR count). The molecule has 0 N–H and O–H groups in total. The first kappa shape index (κ1) is 15.5. The fourth-order valence-electron chi connectivity index (χ4n) is 1.93. The Bertz CT molecular complexity index is 831. The van der Waals surface area contributed by atoms with Crippen LogP contribution in [0.1, 0.15) is 11.1 Å². The summed E-state index contributed by atoms with van der Waals surface area (Å²) in [6, 6.07) is 12.6. The number of hydrogen-bond acceptors (Lipinski definition) is 3. The van der Waals surface area contributed by atoms with Gasteiger partial charge in [-0.3, -0.25) is 0 Å². The maximum absolute atomic E-state index is 12.0. The van der Waals surface area contributed by atoms with Crippen LogP contribution in [-0.2, 0) is 9.53 Å². The van der Waals surface area contributed by atoms with E-state index < -0.39 is 5.97 Å². The molecule has 1 aliphatic heterocycles. The number of cyclic esters (lactones) is 1. The lowest BCUT2D eigenvalue weighted by Gasteiger charge is -2.02. The molecule has 2 aromatic rings. The van der Waals surface area contributed by atoms with Crippen LogP contribution >= 0.6 is 45.8 Å². The van der Waals surface area contributed by atoms with Crippen LogP contribution in [0, 0.1) is 3.57 Å². The zero-order valence-electron chi connectivity index (χ0n) is 11.0. The van der Waals surface area contributed by atoms with E-state index in [1.54, 1.807) is 24.3 Å². The van der Waals surface area contributed by atoms with E-state index in [1.807, 2.05) is 24.3 Å². The molecular formula is C16H8Cl2INO2. The van der Waals surface area contributed by atoms with E-state index >= 15 is 0 Å². The van der Waals surface area contributed by atoms with Crippen molar-refractivity contribution in [1.29, 1.82) is 0 Å². The molecule has 0 bridgehead atoms. The number of nitrogens with zero attached hydrogens (tertiary/aromatic N) is 1. The minimum Gasteiger partial charge on any atom is -0.402 e. The van der Waals surface area contributed by atoms with Crippen molar-refractivity contribution in [2.24, 2.45) is 4.99 Å². The predicted molar refractivity (Wildman–Crippen MR) is 96.2 cm³/mol. The second-order valence-electron chi connectivity index (χ2n) is 4.48. The summed E-state index contributed by atoms with van der Waals surface area (Å²) in [5.41, 5.74) is 1.48. The number of benzene rings is 2. The predicted octanol–water partition coefficient (Wildman–Crippen LogP) is 4.94.